The molecule has 2 fully saturated rings. The predicted octanol–water partition coefficient (Wildman–Crippen LogP) is 3.40. The lowest BCUT2D eigenvalue weighted by atomic mass is 9.67. The van der Waals surface area contributed by atoms with Gasteiger partial charge < -0.3 is 20.4 Å². The maximum absolute atomic E-state index is 12.5. The van der Waals surface area contributed by atoms with E-state index in [-0.39, 0.29) is 11.8 Å². The normalized spacial score (nSPS) is 18.5. The van der Waals surface area contributed by atoms with E-state index in [4.69, 9.17) is 4.99 Å². The average molecular weight is 450 g/mol. The second-order valence-electron chi connectivity index (χ2n) is 10.00. The van der Waals surface area contributed by atoms with Gasteiger partial charge in [-0.1, -0.05) is 33.6 Å². The van der Waals surface area contributed by atoms with E-state index in [1.807, 2.05) is 9.80 Å². The van der Waals surface area contributed by atoms with Crippen molar-refractivity contribution in [1.29, 1.82) is 0 Å². The van der Waals surface area contributed by atoms with E-state index in [1.165, 1.54) is 25.7 Å². The molecule has 0 aromatic heterocycles. The van der Waals surface area contributed by atoms with Gasteiger partial charge in [-0.2, -0.15) is 0 Å². The number of nitrogens with one attached hydrogen (secondary N) is 2. The van der Waals surface area contributed by atoms with Crippen LogP contribution in [0.5, 0.6) is 0 Å². The molecule has 0 aromatic carbocycles. The van der Waals surface area contributed by atoms with E-state index in [0.717, 1.165) is 44.9 Å². The van der Waals surface area contributed by atoms with Crippen molar-refractivity contribution in [2.45, 2.75) is 85.5 Å². The van der Waals surface area contributed by atoms with Gasteiger partial charge in [0, 0.05) is 58.7 Å². The Morgan fingerprint density at radius 1 is 0.938 bits per heavy atom. The fraction of sp³-hybridized carbons (Fsp3) is 0.880. The Hall–Kier alpha value is -1.79. The molecular formula is C25H47N5O2. The molecule has 2 N–H and O–H groups in total. The van der Waals surface area contributed by atoms with Crippen molar-refractivity contribution in [3.63, 3.8) is 0 Å². The summed E-state index contributed by atoms with van der Waals surface area (Å²) >= 11 is 0. The van der Waals surface area contributed by atoms with Crippen molar-refractivity contribution in [1.82, 2.24) is 20.4 Å². The third kappa shape index (κ3) is 8.62. The molecule has 1 aliphatic heterocycles. The van der Waals surface area contributed by atoms with Crippen LogP contribution in [0.1, 0.15) is 85.5 Å². The molecule has 0 radical (unpaired) electrons. The Bertz CT molecular complexity index is 602. The molecule has 1 saturated heterocycles. The lowest BCUT2D eigenvalue weighted by Gasteiger charge is -2.40. The number of hydrogen-bond donors (Lipinski definition) is 2. The molecule has 0 bridgehead atoms. The number of amides is 2. The van der Waals surface area contributed by atoms with Crippen LogP contribution >= 0.6 is 0 Å². The van der Waals surface area contributed by atoms with Gasteiger partial charge in [-0.15, -0.1) is 0 Å². The van der Waals surface area contributed by atoms with Gasteiger partial charge in [0.05, 0.1) is 0 Å². The van der Waals surface area contributed by atoms with Crippen LogP contribution in [0, 0.1) is 11.3 Å². The first kappa shape index (κ1) is 26.5. The van der Waals surface area contributed by atoms with E-state index >= 15 is 0 Å². The molecule has 0 atom stereocenters. The van der Waals surface area contributed by atoms with Crippen molar-refractivity contribution in [2.75, 3.05) is 45.8 Å². The van der Waals surface area contributed by atoms with Crippen LogP contribution in [0.15, 0.2) is 4.99 Å². The zero-order chi connectivity index (χ0) is 23.4. The maximum atomic E-state index is 12.5. The molecule has 2 amide bonds. The number of aliphatic imine (C=N–C) groups is 1. The number of nitrogens with zero attached hydrogens (tertiary/aromatic N) is 3. The van der Waals surface area contributed by atoms with E-state index in [0.29, 0.717) is 50.4 Å². The fourth-order valence-electron chi connectivity index (χ4n) is 4.52. The van der Waals surface area contributed by atoms with E-state index in [2.05, 4.69) is 38.3 Å². The number of hydrogen-bond acceptors (Lipinski definition) is 3. The lowest BCUT2D eigenvalue weighted by molar-refractivity contribution is -0.140. The second-order valence-corrected chi connectivity index (χ2v) is 10.00. The summed E-state index contributed by atoms with van der Waals surface area (Å²) in [5.41, 5.74) is 0.440. The first-order valence-electron chi connectivity index (χ1n) is 13.0. The Balaban J connectivity index is 1.58. The molecule has 2 rings (SSSR count). The Labute approximate surface area is 195 Å². The van der Waals surface area contributed by atoms with Gasteiger partial charge in [0.25, 0.3) is 0 Å². The van der Waals surface area contributed by atoms with Gasteiger partial charge >= 0.3 is 0 Å². The molecule has 1 aliphatic carbocycles. The van der Waals surface area contributed by atoms with Gasteiger partial charge in [0.15, 0.2) is 5.96 Å². The maximum Gasteiger partial charge on any atom is 0.222 e. The van der Waals surface area contributed by atoms with Gasteiger partial charge in [0.1, 0.15) is 0 Å². The zero-order valence-electron chi connectivity index (χ0n) is 21.0. The van der Waals surface area contributed by atoms with Crippen molar-refractivity contribution < 1.29 is 9.59 Å². The monoisotopic (exact) mass is 449 g/mol. The number of unbranched alkanes of at least 4 members (excludes halogenated alkanes) is 2. The van der Waals surface area contributed by atoms with E-state index < -0.39 is 0 Å². The molecule has 184 valence electrons. The topological polar surface area (TPSA) is 77.0 Å². The summed E-state index contributed by atoms with van der Waals surface area (Å²) < 4.78 is 0. The summed E-state index contributed by atoms with van der Waals surface area (Å²) in [6, 6.07) is 0. The summed E-state index contributed by atoms with van der Waals surface area (Å²) in [6.07, 6.45) is 9.37. The van der Waals surface area contributed by atoms with Crippen LogP contribution < -0.4 is 10.6 Å². The SMILES string of the molecule is CCNC(=NCC1(CC)CCC1)NCCCCCC(=O)N1CCN(C(=O)CC(C)C)CC1. The minimum Gasteiger partial charge on any atom is -0.357 e. The van der Waals surface area contributed by atoms with Crippen LogP contribution in [0.2, 0.25) is 0 Å². The summed E-state index contributed by atoms with van der Waals surface area (Å²) in [5, 5.41) is 6.80. The number of guanidine groups is 1. The molecule has 1 heterocycles. The predicted molar refractivity (Wildman–Crippen MR) is 132 cm³/mol. The molecule has 0 spiro atoms. The quantitative estimate of drug-likeness (QED) is 0.272. The van der Waals surface area contributed by atoms with E-state index in [1.54, 1.807) is 0 Å². The minimum absolute atomic E-state index is 0.220. The average Bonchev–Trinajstić information content (AvgIpc) is 2.75. The third-order valence-corrected chi connectivity index (χ3v) is 7.01. The first-order chi connectivity index (χ1) is 15.4. The van der Waals surface area contributed by atoms with Crippen molar-refractivity contribution in [2.24, 2.45) is 16.3 Å². The Kier molecular flexibility index (Phi) is 11.3. The highest BCUT2D eigenvalue weighted by Crippen LogP contribution is 2.43. The highest BCUT2D eigenvalue weighted by atomic mass is 16.2. The first-order valence-corrected chi connectivity index (χ1v) is 13.0. The smallest absolute Gasteiger partial charge is 0.222 e. The summed E-state index contributed by atoms with van der Waals surface area (Å²) in [6.45, 7) is 13.9. The van der Waals surface area contributed by atoms with Gasteiger partial charge in [0.2, 0.25) is 11.8 Å². The summed E-state index contributed by atoms with van der Waals surface area (Å²) in [4.78, 5) is 33.3. The van der Waals surface area contributed by atoms with Crippen molar-refractivity contribution >= 4 is 17.8 Å². The zero-order valence-corrected chi connectivity index (χ0v) is 21.0. The highest BCUT2D eigenvalue weighted by molar-refractivity contribution is 5.80. The largest absolute Gasteiger partial charge is 0.357 e. The van der Waals surface area contributed by atoms with Crippen molar-refractivity contribution in [3.8, 4) is 0 Å². The van der Waals surface area contributed by atoms with Crippen LogP contribution in [0.4, 0.5) is 0 Å². The molecule has 7 heteroatoms. The standard InChI is InChI=1S/C25H47N5O2/c1-5-25(12-10-13-25)20-28-24(26-6-2)27-14-9-7-8-11-22(31)29-15-17-30(18-16-29)23(32)19-21(3)4/h21H,5-20H2,1-4H3,(H2,26,27,28). The van der Waals surface area contributed by atoms with E-state index in [9.17, 15) is 9.59 Å². The molecule has 1 saturated carbocycles. The molecular weight excluding hydrogens is 402 g/mol. The number of piperazine rings is 1. The summed E-state index contributed by atoms with van der Waals surface area (Å²) in [7, 11) is 0. The second kappa shape index (κ2) is 13.7. The minimum atomic E-state index is 0.220. The van der Waals surface area contributed by atoms with Crippen LogP contribution in [-0.2, 0) is 9.59 Å². The molecule has 32 heavy (non-hydrogen) atoms. The number of carbonyl (C=O) groups excluding carboxylic acids is 2. The molecule has 0 aromatic rings. The molecule has 0 unspecified atom stereocenters. The number of rotatable bonds is 12. The molecule has 2 aliphatic rings. The Morgan fingerprint density at radius 2 is 1.59 bits per heavy atom. The fourth-order valence-corrected chi connectivity index (χ4v) is 4.52. The van der Waals surface area contributed by atoms with Crippen LogP contribution in [0.25, 0.3) is 0 Å². The molecule has 7 nitrogen and oxygen atoms in total. The summed E-state index contributed by atoms with van der Waals surface area (Å²) in [5.74, 6) is 1.76. The third-order valence-electron chi connectivity index (χ3n) is 7.01. The van der Waals surface area contributed by atoms with Gasteiger partial charge in [-0.3, -0.25) is 14.6 Å². The van der Waals surface area contributed by atoms with Gasteiger partial charge in [-0.25, -0.2) is 0 Å². The van der Waals surface area contributed by atoms with Crippen LogP contribution in [-0.4, -0.2) is 73.4 Å². The lowest BCUT2D eigenvalue weighted by Crippen LogP contribution is -2.50. The van der Waals surface area contributed by atoms with Crippen molar-refractivity contribution in [3.05, 3.63) is 0 Å². The van der Waals surface area contributed by atoms with Gasteiger partial charge in [-0.05, 0) is 50.4 Å². The Morgan fingerprint density at radius 3 is 2.12 bits per heavy atom. The number of carbonyl (C=O) groups is 2. The highest BCUT2D eigenvalue weighted by Gasteiger charge is 2.34. The van der Waals surface area contributed by atoms with Crippen LogP contribution in [0.3, 0.4) is 0 Å².